The molecule has 0 saturated heterocycles. The number of hydrogen-bond acceptors (Lipinski definition) is 6. The fraction of sp³-hybridized carbons (Fsp3) is 0.731. The Balaban J connectivity index is 1.30. The lowest BCUT2D eigenvalue weighted by atomic mass is 9.42. The number of fused-ring (bicyclic) bond motifs is 1. The quantitative estimate of drug-likeness (QED) is 0.489. The summed E-state index contributed by atoms with van der Waals surface area (Å²) in [4.78, 5) is 15.4. The average Bonchev–Trinajstić information content (AvgIpc) is 3.31. The van der Waals surface area contributed by atoms with Crippen molar-refractivity contribution in [1.82, 2.24) is 10.2 Å². The molecule has 5 aliphatic rings. The molecule has 5 atom stereocenters. The van der Waals surface area contributed by atoms with E-state index in [9.17, 15) is 20.1 Å². The molecule has 4 fully saturated rings. The minimum absolute atomic E-state index is 0.0521. The minimum Gasteiger partial charge on any atom is -0.507 e. The number of ether oxygens (including phenoxy) is 1. The Bertz CT molecular complexity index is 928. The Kier molecular flexibility index (Phi) is 5.66. The van der Waals surface area contributed by atoms with Crippen LogP contribution >= 0.6 is 0 Å². The Labute approximate surface area is 196 Å². The second-order valence-electron chi connectivity index (χ2n) is 11.3. The number of carbonyl (C=O) groups is 1. The second-order valence-corrected chi connectivity index (χ2v) is 11.3. The van der Waals surface area contributed by atoms with Gasteiger partial charge in [-0.15, -0.1) is 0 Å². The summed E-state index contributed by atoms with van der Waals surface area (Å²) in [5, 5.41) is 36.3. The average molecular weight is 459 g/mol. The van der Waals surface area contributed by atoms with Crippen LogP contribution in [0.3, 0.4) is 0 Å². The smallest absolute Gasteiger partial charge is 0.258 e. The number of nitrogens with zero attached hydrogens (tertiary/aromatic N) is 1. The van der Waals surface area contributed by atoms with Crippen LogP contribution in [0.2, 0.25) is 0 Å². The van der Waals surface area contributed by atoms with Crippen LogP contribution in [0.15, 0.2) is 12.1 Å². The second kappa shape index (κ2) is 8.14. The monoisotopic (exact) mass is 458 g/mol. The molecule has 1 amide bonds. The topological polar surface area (TPSA) is 102 Å². The van der Waals surface area contributed by atoms with Gasteiger partial charge in [0.2, 0.25) is 0 Å². The van der Waals surface area contributed by atoms with Crippen LogP contribution in [-0.2, 0) is 0 Å². The van der Waals surface area contributed by atoms with E-state index >= 15 is 0 Å². The number of nitrogens with one attached hydrogen (secondary N) is 1. The lowest BCUT2D eigenvalue weighted by molar-refractivity contribution is -0.289. The molecular weight excluding hydrogens is 420 g/mol. The first-order valence-electron chi connectivity index (χ1n) is 12.6. The molecule has 4 aliphatic carbocycles. The van der Waals surface area contributed by atoms with Crippen molar-refractivity contribution >= 4 is 5.91 Å². The number of aliphatic hydroxyl groups excluding tert-OH is 1. The van der Waals surface area contributed by atoms with E-state index in [0.717, 1.165) is 19.4 Å². The lowest BCUT2D eigenvalue weighted by Gasteiger charge is -2.67. The molecule has 1 aromatic rings. The number of amides is 1. The molecule has 33 heavy (non-hydrogen) atoms. The van der Waals surface area contributed by atoms with Gasteiger partial charge in [-0.2, -0.15) is 0 Å². The van der Waals surface area contributed by atoms with Gasteiger partial charge >= 0.3 is 0 Å². The van der Waals surface area contributed by atoms with Crippen LogP contribution < -0.4 is 10.1 Å². The fourth-order valence-corrected chi connectivity index (χ4v) is 7.07. The minimum atomic E-state index is -1.39. The van der Waals surface area contributed by atoms with E-state index in [1.54, 1.807) is 6.07 Å². The summed E-state index contributed by atoms with van der Waals surface area (Å²) in [5.41, 5.74) is -1.02. The third-order valence-corrected chi connectivity index (χ3v) is 9.35. The predicted octanol–water partition coefficient (Wildman–Crippen LogP) is 2.98. The number of aliphatic hydroxyl groups is 2. The van der Waals surface area contributed by atoms with Gasteiger partial charge in [0.05, 0.1) is 0 Å². The number of aromatic hydroxyl groups is 1. The van der Waals surface area contributed by atoms with Crippen LogP contribution in [0.25, 0.3) is 0 Å². The SMILES string of the molecule is CN(CCCNC(=O)c1c(O)ccc2c1O[C@@H]1C[C@H]3C[C@H](C3(C)C)[C@]1(O)[C@H]2O)C1CCCC1. The van der Waals surface area contributed by atoms with Crippen LogP contribution in [-0.4, -0.2) is 64.0 Å². The number of hydrogen-bond donors (Lipinski definition) is 4. The predicted molar refractivity (Wildman–Crippen MR) is 124 cm³/mol. The Morgan fingerprint density at radius 3 is 2.67 bits per heavy atom. The van der Waals surface area contributed by atoms with Gasteiger partial charge in [0, 0.05) is 18.2 Å². The van der Waals surface area contributed by atoms with Crippen molar-refractivity contribution in [3.63, 3.8) is 0 Å². The van der Waals surface area contributed by atoms with Gasteiger partial charge < -0.3 is 30.3 Å². The first-order valence-corrected chi connectivity index (χ1v) is 12.6. The zero-order valence-electron chi connectivity index (χ0n) is 20.0. The van der Waals surface area contributed by atoms with Crippen LogP contribution in [0.1, 0.15) is 80.8 Å². The molecule has 7 nitrogen and oxygen atoms in total. The molecule has 4 saturated carbocycles. The zero-order chi connectivity index (χ0) is 23.5. The first-order chi connectivity index (χ1) is 15.7. The van der Waals surface area contributed by atoms with E-state index in [4.69, 9.17) is 4.74 Å². The summed E-state index contributed by atoms with van der Waals surface area (Å²) >= 11 is 0. The summed E-state index contributed by atoms with van der Waals surface area (Å²) in [6.45, 7) is 5.68. The summed E-state index contributed by atoms with van der Waals surface area (Å²) in [7, 11) is 2.14. The van der Waals surface area contributed by atoms with Gasteiger partial charge in [0.15, 0.2) is 0 Å². The summed E-state index contributed by atoms with van der Waals surface area (Å²) < 4.78 is 6.21. The van der Waals surface area contributed by atoms with Crippen molar-refractivity contribution in [3.05, 3.63) is 23.3 Å². The van der Waals surface area contributed by atoms with Crippen molar-refractivity contribution in [3.8, 4) is 11.5 Å². The van der Waals surface area contributed by atoms with E-state index in [1.807, 2.05) is 0 Å². The van der Waals surface area contributed by atoms with Crippen molar-refractivity contribution in [2.75, 3.05) is 20.1 Å². The number of phenols is 1. The summed E-state index contributed by atoms with van der Waals surface area (Å²) in [5.74, 6) is -0.0373. The van der Waals surface area contributed by atoms with Crippen molar-refractivity contribution in [2.24, 2.45) is 17.3 Å². The molecule has 6 rings (SSSR count). The molecule has 1 aromatic carbocycles. The molecule has 7 heteroatoms. The first kappa shape index (κ1) is 22.9. The molecule has 1 aliphatic heterocycles. The van der Waals surface area contributed by atoms with E-state index in [2.05, 4.69) is 31.1 Å². The number of benzene rings is 1. The molecule has 0 spiro atoms. The molecule has 182 valence electrons. The highest BCUT2D eigenvalue weighted by molar-refractivity contribution is 6.00. The van der Waals surface area contributed by atoms with Gasteiger partial charge in [0.1, 0.15) is 34.9 Å². The molecule has 0 aromatic heterocycles. The number of rotatable bonds is 6. The molecule has 4 N–H and O–H groups in total. The Morgan fingerprint density at radius 1 is 1.24 bits per heavy atom. The Morgan fingerprint density at radius 2 is 1.97 bits per heavy atom. The summed E-state index contributed by atoms with van der Waals surface area (Å²) in [6.07, 6.45) is 5.65. The van der Waals surface area contributed by atoms with E-state index in [0.29, 0.717) is 30.5 Å². The fourth-order valence-electron chi connectivity index (χ4n) is 7.07. The van der Waals surface area contributed by atoms with Crippen molar-refractivity contribution in [2.45, 2.75) is 82.6 Å². The van der Waals surface area contributed by atoms with Crippen LogP contribution in [0, 0.1) is 17.3 Å². The highest BCUT2D eigenvalue weighted by Gasteiger charge is 2.69. The number of carbonyl (C=O) groups excluding carboxylic acids is 1. The largest absolute Gasteiger partial charge is 0.507 e. The third kappa shape index (κ3) is 3.46. The zero-order valence-corrected chi connectivity index (χ0v) is 20.0. The van der Waals surface area contributed by atoms with Gasteiger partial charge in [-0.25, -0.2) is 0 Å². The lowest BCUT2D eigenvalue weighted by Crippen LogP contribution is -2.72. The summed E-state index contributed by atoms with van der Waals surface area (Å²) in [6, 6.07) is 3.62. The van der Waals surface area contributed by atoms with Gasteiger partial charge in [-0.1, -0.05) is 26.7 Å². The molecule has 0 radical (unpaired) electrons. The molecule has 2 bridgehead atoms. The van der Waals surface area contributed by atoms with E-state index < -0.39 is 23.7 Å². The highest BCUT2D eigenvalue weighted by atomic mass is 16.5. The van der Waals surface area contributed by atoms with Gasteiger partial charge in [-0.05, 0) is 75.1 Å². The molecular formula is C26H38N2O5. The van der Waals surface area contributed by atoms with Crippen LogP contribution in [0.4, 0.5) is 0 Å². The van der Waals surface area contributed by atoms with Gasteiger partial charge in [-0.3, -0.25) is 4.79 Å². The maximum absolute atomic E-state index is 13.1. The standard InChI is InChI=1S/C26H38N2O5/c1-25(2)15-13-19(25)26(32)20(14-15)33-22-17(23(26)30)9-10-18(29)21(22)24(31)27-11-6-12-28(3)16-7-4-5-8-16/h9-10,15-16,19-20,23,29-30,32H,4-8,11-14H2,1-3H3,(H,27,31)/t15-,19-,20-,23+,26-/m1/s1. The Hall–Kier alpha value is -1.83. The van der Waals surface area contributed by atoms with E-state index in [1.165, 1.54) is 31.7 Å². The number of phenolic OH excluding ortho intramolecular Hbond substituents is 1. The van der Waals surface area contributed by atoms with Crippen molar-refractivity contribution in [1.29, 1.82) is 0 Å². The normalized spacial score (nSPS) is 34.2. The maximum Gasteiger partial charge on any atom is 0.258 e. The maximum atomic E-state index is 13.1. The third-order valence-electron chi connectivity index (χ3n) is 9.35. The van der Waals surface area contributed by atoms with Crippen molar-refractivity contribution < 1.29 is 24.9 Å². The van der Waals surface area contributed by atoms with Gasteiger partial charge in [0.25, 0.3) is 5.91 Å². The highest BCUT2D eigenvalue weighted by Crippen LogP contribution is 2.67. The molecule has 0 unspecified atom stereocenters. The molecule has 1 heterocycles. The van der Waals surface area contributed by atoms with Crippen LogP contribution in [0.5, 0.6) is 11.5 Å². The van der Waals surface area contributed by atoms with E-state index in [-0.39, 0.29) is 28.4 Å².